The number of aryl methyl sites for hydroxylation is 2. The molecular weight excluding hydrogens is 340 g/mol. The summed E-state index contributed by atoms with van der Waals surface area (Å²) in [5.41, 5.74) is 1.69. The van der Waals surface area contributed by atoms with Gasteiger partial charge in [-0.2, -0.15) is 13.5 Å². The van der Waals surface area contributed by atoms with Gasteiger partial charge in [-0.05, 0) is 42.5 Å². The van der Waals surface area contributed by atoms with Gasteiger partial charge in [0.2, 0.25) is 0 Å². The predicted molar refractivity (Wildman–Crippen MR) is 95.5 cm³/mol. The molecule has 25 heavy (non-hydrogen) atoms. The summed E-state index contributed by atoms with van der Waals surface area (Å²) in [7, 11) is -4.34. The maximum absolute atomic E-state index is 11.4. The van der Waals surface area contributed by atoms with Crippen molar-refractivity contribution in [3.63, 3.8) is 0 Å². The number of hydrogen-bond donors (Lipinski definition) is 2. The second kappa shape index (κ2) is 6.27. The average Bonchev–Trinajstić information content (AvgIpc) is 2.54. The van der Waals surface area contributed by atoms with Crippen LogP contribution in [0.5, 0.6) is 5.75 Å². The van der Waals surface area contributed by atoms with Crippen molar-refractivity contribution in [3.8, 4) is 5.75 Å². The van der Waals surface area contributed by atoms with Gasteiger partial charge in [0.05, 0.1) is 10.6 Å². The van der Waals surface area contributed by atoms with Crippen LogP contribution in [-0.4, -0.2) is 18.1 Å². The third kappa shape index (κ3) is 3.38. The van der Waals surface area contributed by atoms with E-state index in [-0.39, 0.29) is 16.3 Å². The van der Waals surface area contributed by atoms with Crippen molar-refractivity contribution < 1.29 is 18.1 Å². The third-order valence-electron chi connectivity index (χ3n) is 3.92. The van der Waals surface area contributed by atoms with E-state index in [1.54, 1.807) is 32.0 Å². The summed E-state index contributed by atoms with van der Waals surface area (Å²) in [6.45, 7) is 3.35. The van der Waals surface area contributed by atoms with Crippen LogP contribution in [0.15, 0.2) is 63.7 Å². The summed E-state index contributed by atoms with van der Waals surface area (Å²) >= 11 is 0. The number of fused-ring (bicyclic) bond motifs is 1. The van der Waals surface area contributed by atoms with Crippen LogP contribution in [0.3, 0.4) is 0 Å². The zero-order valence-corrected chi connectivity index (χ0v) is 14.4. The lowest BCUT2D eigenvalue weighted by atomic mass is 10.1. The number of hydrogen-bond acceptors (Lipinski definition) is 5. The topological polar surface area (TPSA) is 99.3 Å². The van der Waals surface area contributed by atoms with Crippen LogP contribution in [0, 0.1) is 13.8 Å². The second-order valence-electron chi connectivity index (χ2n) is 5.73. The lowest BCUT2D eigenvalue weighted by Gasteiger charge is -2.07. The number of phenols is 1. The van der Waals surface area contributed by atoms with Gasteiger partial charge >= 0.3 is 0 Å². The van der Waals surface area contributed by atoms with Crippen LogP contribution < -0.4 is 0 Å². The fourth-order valence-corrected chi connectivity index (χ4v) is 3.37. The van der Waals surface area contributed by atoms with Crippen molar-refractivity contribution in [2.75, 3.05) is 0 Å². The minimum atomic E-state index is -4.34. The van der Waals surface area contributed by atoms with Gasteiger partial charge in [-0.15, -0.1) is 5.11 Å². The highest BCUT2D eigenvalue weighted by Gasteiger charge is 2.15. The van der Waals surface area contributed by atoms with E-state index in [0.29, 0.717) is 22.2 Å². The van der Waals surface area contributed by atoms with Gasteiger partial charge in [0.25, 0.3) is 10.1 Å². The Kier molecular flexibility index (Phi) is 4.28. The van der Waals surface area contributed by atoms with Crippen LogP contribution in [0.25, 0.3) is 10.8 Å². The first-order chi connectivity index (χ1) is 11.8. The van der Waals surface area contributed by atoms with E-state index < -0.39 is 10.1 Å². The molecule has 0 atom stereocenters. The molecule has 0 bridgehead atoms. The second-order valence-corrected chi connectivity index (χ2v) is 7.12. The molecule has 7 heteroatoms. The molecule has 0 aliphatic rings. The molecule has 0 heterocycles. The molecule has 0 spiro atoms. The average molecular weight is 356 g/mol. The molecule has 0 fully saturated rings. The van der Waals surface area contributed by atoms with Crippen molar-refractivity contribution in [1.29, 1.82) is 0 Å². The zero-order valence-electron chi connectivity index (χ0n) is 13.6. The highest BCUT2D eigenvalue weighted by atomic mass is 32.2. The number of benzene rings is 3. The van der Waals surface area contributed by atoms with Crippen LogP contribution in [0.2, 0.25) is 0 Å². The molecule has 3 aromatic rings. The molecule has 3 rings (SSSR count). The standard InChI is InChI=1S/C18H16N2O4S/c1-11-9-12(2)17(25(22,23)24)10-16(11)20-19-15-8-7-13-5-3-4-6-14(13)18(15)21/h3-10,21H,1-2H3,(H,22,23,24). The number of aromatic hydroxyl groups is 1. The molecule has 0 aliphatic heterocycles. The number of azo groups is 1. The Bertz CT molecular complexity index is 1110. The first kappa shape index (κ1) is 17.1. The fraction of sp³-hybridized carbons (Fsp3) is 0.111. The normalized spacial score (nSPS) is 12.1. The monoisotopic (exact) mass is 356 g/mol. The van der Waals surface area contributed by atoms with Gasteiger partial charge in [0, 0.05) is 5.39 Å². The van der Waals surface area contributed by atoms with Crippen molar-refractivity contribution in [1.82, 2.24) is 0 Å². The highest BCUT2D eigenvalue weighted by Crippen LogP contribution is 2.36. The molecular formula is C18H16N2O4S. The van der Waals surface area contributed by atoms with E-state index in [1.807, 2.05) is 24.3 Å². The molecule has 0 saturated carbocycles. The molecule has 0 saturated heterocycles. The molecule has 0 aromatic heterocycles. The van der Waals surface area contributed by atoms with E-state index in [9.17, 15) is 18.1 Å². The Hall–Kier alpha value is -2.77. The molecule has 3 aromatic carbocycles. The lowest BCUT2D eigenvalue weighted by molar-refractivity contribution is 0.481. The summed E-state index contributed by atoms with van der Waals surface area (Å²) in [4.78, 5) is -0.213. The van der Waals surface area contributed by atoms with Gasteiger partial charge < -0.3 is 5.11 Å². The Morgan fingerprint density at radius 2 is 1.56 bits per heavy atom. The van der Waals surface area contributed by atoms with Gasteiger partial charge in [-0.1, -0.05) is 36.4 Å². The first-order valence-corrected chi connectivity index (χ1v) is 8.92. The van der Waals surface area contributed by atoms with Gasteiger partial charge in [-0.3, -0.25) is 4.55 Å². The molecule has 0 amide bonds. The van der Waals surface area contributed by atoms with E-state index in [0.717, 1.165) is 5.39 Å². The van der Waals surface area contributed by atoms with Crippen molar-refractivity contribution in [2.45, 2.75) is 18.7 Å². The number of rotatable bonds is 3. The van der Waals surface area contributed by atoms with Gasteiger partial charge in [0.1, 0.15) is 5.69 Å². The lowest BCUT2D eigenvalue weighted by Crippen LogP contribution is -2.01. The minimum absolute atomic E-state index is 0.00150. The smallest absolute Gasteiger partial charge is 0.294 e. The molecule has 0 aliphatic carbocycles. The summed E-state index contributed by atoms with van der Waals surface area (Å²) in [6.07, 6.45) is 0. The number of nitrogens with zero attached hydrogens (tertiary/aromatic N) is 2. The summed E-state index contributed by atoms with van der Waals surface area (Å²) < 4.78 is 32.2. The quantitative estimate of drug-likeness (QED) is 0.519. The molecule has 6 nitrogen and oxygen atoms in total. The van der Waals surface area contributed by atoms with Crippen LogP contribution in [0.4, 0.5) is 11.4 Å². The van der Waals surface area contributed by atoms with Crippen LogP contribution >= 0.6 is 0 Å². The highest BCUT2D eigenvalue weighted by molar-refractivity contribution is 7.85. The largest absolute Gasteiger partial charge is 0.505 e. The Morgan fingerprint density at radius 3 is 2.28 bits per heavy atom. The minimum Gasteiger partial charge on any atom is -0.505 e. The van der Waals surface area contributed by atoms with Gasteiger partial charge in [0.15, 0.2) is 5.75 Å². The van der Waals surface area contributed by atoms with Crippen molar-refractivity contribution in [2.24, 2.45) is 10.2 Å². The first-order valence-electron chi connectivity index (χ1n) is 7.48. The van der Waals surface area contributed by atoms with E-state index in [4.69, 9.17) is 0 Å². The van der Waals surface area contributed by atoms with E-state index >= 15 is 0 Å². The Labute approximate surface area is 145 Å². The molecule has 128 valence electrons. The molecule has 0 unspecified atom stereocenters. The Balaban J connectivity index is 2.07. The summed E-state index contributed by atoms with van der Waals surface area (Å²) in [5, 5.41) is 19.9. The van der Waals surface area contributed by atoms with Crippen LogP contribution in [0.1, 0.15) is 11.1 Å². The van der Waals surface area contributed by atoms with Gasteiger partial charge in [-0.25, -0.2) is 0 Å². The molecule has 2 N–H and O–H groups in total. The van der Waals surface area contributed by atoms with Crippen LogP contribution in [-0.2, 0) is 10.1 Å². The van der Waals surface area contributed by atoms with Crippen molar-refractivity contribution >= 4 is 32.3 Å². The van der Waals surface area contributed by atoms with E-state index in [2.05, 4.69) is 10.2 Å². The maximum Gasteiger partial charge on any atom is 0.294 e. The SMILES string of the molecule is Cc1cc(C)c(S(=O)(=O)O)cc1N=Nc1ccc2ccccc2c1O. The molecule has 0 radical (unpaired) electrons. The number of phenolic OH excluding ortho intramolecular Hbond substituents is 1. The Morgan fingerprint density at radius 1 is 0.880 bits per heavy atom. The summed E-state index contributed by atoms with van der Waals surface area (Å²) in [6, 6.07) is 13.7. The predicted octanol–water partition coefficient (Wildman–Crippen LogP) is 4.82. The maximum atomic E-state index is 11.4. The van der Waals surface area contributed by atoms with Crippen molar-refractivity contribution in [3.05, 3.63) is 59.7 Å². The third-order valence-corrected chi connectivity index (χ3v) is 4.91. The fourth-order valence-electron chi connectivity index (χ4n) is 2.64. The zero-order chi connectivity index (χ0) is 18.2. The van der Waals surface area contributed by atoms with E-state index in [1.165, 1.54) is 6.07 Å². The summed E-state index contributed by atoms with van der Waals surface area (Å²) in [5.74, 6) is 0.00150.